The zero-order chi connectivity index (χ0) is 18.1. The summed E-state index contributed by atoms with van der Waals surface area (Å²) in [5.74, 6) is 0.668. The Balaban J connectivity index is 1.58. The molecule has 0 spiro atoms. The average molecular weight is 481 g/mol. The van der Waals surface area contributed by atoms with Crippen LogP contribution in [-0.2, 0) is 19.5 Å². The predicted octanol–water partition coefficient (Wildman–Crippen LogP) is 3.22. The monoisotopic (exact) mass is 479 g/mol. The summed E-state index contributed by atoms with van der Waals surface area (Å²) in [5.41, 5.74) is 3.75. The Morgan fingerprint density at radius 3 is 2.69 bits per heavy atom. The van der Waals surface area contributed by atoms with Crippen LogP contribution in [0.25, 0.3) is 0 Å². The van der Waals surface area contributed by atoms with Crippen molar-refractivity contribution in [1.82, 2.24) is 19.9 Å². The molecule has 6 nitrogen and oxygen atoms in total. The number of hydrogen-bond acceptors (Lipinski definition) is 5. The van der Waals surface area contributed by atoms with Crippen LogP contribution in [0.4, 0.5) is 0 Å². The second kappa shape index (κ2) is 7.70. The van der Waals surface area contributed by atoms with E-state index >= 15 is 0 Å². The molecule has 0 amide bonds. The van der Waals surface area contributed by atoms with Crippen molar-refractivity contribution in [2.24, 2.45) is 4.99 Å². The molecule has 4 heterocycles. The average Bonchev–Trinajstić information content (AvgIpc) is 2.66. The molecule has 1 N–H and O–H groups in total. The Bertz CT molecular complexity index is 904. The van der Waals surface area contributed by atoms with E-state index in [2.05, 4.69) is 51.7 Å². The van der Waals surface area contributed by atoms with Gasteiger partial charge in [0, 0.05) is 53.9 Å². The highest BCUT2D eigenvalue weighted by Crippen LogP contribution is 2.27. The molecule has 0 bridgehead atoms. The Hall–Kier alpha value is -1.38. The van der Waals surface area contributed by atoms with Gasteiger partial charge in [-0.05, 0) is 56.7 Å². The molecule has 0 saturated carbocycles. The van der Waals surface area contributed by atoms with Crippen LogP contribution in [0.3, 0.4) is 0 Å². The number of aromatic amines is 1. The number of rotatable bonds is 3. The number of fused-ring (bicyclic) bond motifs is 1. The maximum atomic E-state index is 12.7. The molecule has 2 aliphatic heterocycles. The quantitative estimate of drug-likeness (QED) is 0.731. The Morgan fingerprint density at radius 1 is 1.15 bits per heavy atom. The fourth-order valence-corrected chi connectivity index (χ4v) is 4.64. The molecule has 2 aromatic rings. The summed E-state index contributed by atoms with van der Waals surface area (Å²) in [7, 11) is 0. The fourth-order valence-electron chi connectivity index (χ4n) is 3.46. The van der Waals surface area contributed by atoms with Crippen molar-refractivity contribution in [2.45, 2.75) is 38.8 Å². The van der Waals surface area contributed by atoms with Crippen LogP contribution in [-0.4, -0.2) is 38.7 Å². The first kappa shape index (κ1) is 18.0. The zero-order valence-electron chi connectivity index (χ0n) is 14.3. The van der Waals surface area contributed by atoms with Gasteiger partial charge in [0.05, 0.1) is 17.0 Å². The van der Waals surface area contributed by atoms with Gasteiger partial charge in [0.15, 0.2) is 5.82 Å². The van der Waals surface area contributed by atoms with E-state index in [1.165, 1.54) is 0 Å². The second-order valence-electron chi connectivity index (χ2n) is 6.67. The molecule has 136 valence electrons. The molecule has 0 fully saturated rings. The third-order valence-corrected chi connectivity index (χ3v) is 6.25. The first-order valence-electron chi connectivity index (χ1n) is 8.78. The van der Waals surface area contributed by atoms with E-state index in [0.717, 1.165) is 76.8 Å². The molecule has 0 unspecified atom stereocenters. The van der Waals surface area contributed by atoms with Gasteiger partial charge in [-0.2, -0.15) is 0 Å². The van der Waals surface area contributed by atoms with Crippen molar-refractivity contribution in [2.75, 3.05) is 13.1 Å². The number of hydrogen-bond donors (Lipinski definition) is 1. The number of aliphatic imine (C=N–C) groups is 1. The fraction of sp³-hybridized carbons (Fsp3) is 0.444. The molecule has 26 heavy (non-hydrogen) atoms. The molecule has 8 heteroatoms. The number of nitrogens with zero attached hydrogens (tertiary/aromatic N) is 4. The van der Waals surface area contributed by atoms with E-state index in [-0.39, 0.29) is 5.56 Å². The van der Waals surface area contributed by atoms with Crippen molar-refractivity contribution in [3.63, 3.8) is 0 Å². The first-order valence-corrected chi connectivity index (χ1v) is 10.4. The molecule has 0 aromatic carbocycles. The topological polar surface area (TPSA) is 74.2 Å². The predicted molar refractivity (Wildman–Crippen MR) is 108 cm³/mol. The molecule has 2 aromatic heterocycles. The molecule has 0 atom stereocenters. The number of halogens is 2. The summed E-state index contributed by atoms with van der Waals surface area (Å²) in [6.07, 6.45) is 7.50. The van der Waals surface area contributed by atoms with Crippen LogP contribution in [0.15, 0.2) is 31.1 Å². The maximum Gasteiger partial charge on any atom is 0.255 e. The van der Waals surface area contributed by atoms with Crippen LogP contribution >= 0.6 is 31.9 Å². The summed E-state index contributed by atoms with van der Waals surface area (Å²) in [6, 6.07) is 0. The first-order chi connectivity index (χ1) is 12.6. The minimum Gasteiger partial charge on any atom is -0.305 e. The van der Waals surface area contributed by atoms with Gasteiger partial charge in [-0.3, -0.25) is 19.7 Å². The lowest BCUT2D eigenvalue weighted by Crippen LogP contribution is -2.36. The molecule has 0 saturated heterocycles. The highest BCUT2D eigenvalue weighted by atomic mass is 79.9. The molecule has 2 aliphatic rings. The van der Waals surface area contributed by atoms with E-state index in [9.17, 15) is 4.79 Å². The number of nitrogens with one attached hydrogen (secondary N) is 1. The molecular formula is C18H19Br2N5O. The summed E-state index contributed by atoms with van der Waals surface area (Å²) in [6.45, 7) is 3.05. The highest BCUT2D eigenvalue weighted by molar-refractivity contribution is 9.11. The van der Waals surface area contributed by atoms with Crippen LogP contribution in [0.5, 0.6) is 0 Å². The second-order valence-corrected chi connectivity index (χ2v) is 8.38. The van der Waals surface area contributed by atoms with Crippen molar-refractivity contribution in [3.05, 3.63) is 54.3 Å². The van der Waals surface area contributed by atoms with Crippen molar-refractivity contribution >= 4 is 37.6 Å². The SMILES string of the molecule is O=c1[nH]c(C2=NCCCC2)nc2c1CN(Cc1c(Br)cncc1Br)CC2. The van der Waals surface area contributed by atoms with E-state index in [1.54, 1.807) is 12.4 Å². The van der Waals surface area contributed by atoms with Crippen LogP contribution in [0.2, 0.25) is 0 Å². The molecule has 0 radical (unpaired) electrons. The van der Waals surface area contributed by atoms with Gasteiger partial charge >= 0.3 is 0 Å². The molecule has 4 rings (SSSR count). The highest BCUT2D eigenvalue weighted by Gasteiger charge is 2.23. The van der Waals surface area contributed by atoms with Gasteiger partial charge in [-0.15, -0.1) is 0 Å². The van der Waals surface area contributed by atoms with Crippen molar-refractivity contribution < 1.29 is 0 Å². The van der Waals surface area contributed by atoms with Gasteiger partial charge in [0.2, 0.25) is 0 Å². The van der Waals surface area contributed by atoms with E-state index in [4.69, 9.17) is 4.98 Å². The van der Waals surface area contributed by atoms with Crippen LogP contribution in [0.1, 0.15) is 41.9 Å². The third-order valence-electron chi connectivity index (χ3n) is 4.88. The summed E-state index contributed by atoms with van der Waals surface area (Å²) >= 11 is 7.12. The number of aromatic nitrogens is 3. The minimum absolute atomic E-state index is 0.0316. The van der Waals surface area contributed by atoms with Crippen molar-refractivity contribution in [1.29, 1.82) is 0 Å². The lowest BCUT2D eigenvalue weighted by atomic mass is 10.0. The largest absolute Gasteiger partial charge is 0.305 e. The third kappa shape index (κ3) is 3.68. The summed E-state index contributed by atoms with van der Waals surface area (Å²) < 4.78 is 1.94. The molecular weight excluding hydrogens is 462 g/mol. The van der Waals surface area contributed by atoms with Crippen LogP contribution < -0.4 is 5.56 Å². The van der Waals surface area contributed by atoms with E-state index < -0.39 is 0 Å². The smallest absolute Gasteiger partial charge is 0.255 e. The van der Waals surface area contributed by atoms with Gasteiger partial charge in [0.25, 0.3) is 5.56 Å². The van der Waals surface area contributed by atoms with E-state index in [0.29, 0.717) is 12.4 Å². The lowest BCUT2D eigenvalue weighted by Gasteiger charge is -2.28. The minimum atomic E-state index is -0.0316. The van der Waals surface area contributed by atoms with Gasteiger partial charge < -0.3 is 4.98 Å². The van der Waals surface area contributed by atoms with Crippen LogP contribution in [0, 0.1) is 0 Å². The van der Waals surface area contributed by atoms with E-state index in [1.807, 2.05) is 0 Å². The summed E-state index contributed by atoms with van der Waals surface area (Å²) in [5, 5.41) is 0. The van der Waals surface area contributed by atoms with Crippen molar-refractivity contribution in [3.8, 4) is 0 Å². The Morgan fingerprint density at radius 2 is 1.96 bits per heavy atom. The van der Waals surface area contributed by atoms with Gasteiger partial charge in [0.1, 0.15) is 0 Å². The summed E-state index contributed by atoms with van der Waals surface area (Å²) in [4.78, 5) is 31.3. The maximum absolute atomic E-state index is 12.7. The standard InChI is InChI=1S/C18H19Br2N5O/c19-13-7-21-8-14(20)11(13)9-25-6-4-15-12(10-25)18(26)24-17(23-15)16-3-1-2-5-22-16/h7-8H,1-6,9-10H2,(H,23,24,26). The normalized spacial score (nSPS) is 17.7. The lowest BCUT2D eigenvalue weighted by molar-refractivity contribution is 0.240. The van der Waals surface area contributed by atoms with Gasteiger partial charge in [-0.25, -0.2) is 4.98 Å². The number of pyridine rings is 1. The Kier molecular flexibility index (Phi) is 5.33. The Labute approximate surface area is 168 Å². The molecule has 0 aliphatic carbocycles. The zero-order valence-corrected chi connectivity index (χ0v) is 17.4. The number of H-pyrrole nitrogens is 1. The van der Waals surface area contributed by atoms with Gasteiger partial charge in [-0.1, -0.05) is 0 Å².